The molecule has 0 unspecified atom stereocenters. The zero-order valence-corrected chi connectivity index (χ0v) is 12.1. The molecule has 0 aliphatic heterocycles. The van der Waals surface area contributed by atoms with E-state index in [0.29, 0.717) is 5.57 Å². The number of allylic oxidation sites excluding steroid dienone is 2. The Labute approximate surface area is 125 Å². The maximum absolute atomic E-state index is 11.1. The highest BCUT2D eigenvalue weighted by Gasteiger charge is 2.02. The summed E-state index contributed by atoms with van der Waals surface area (Å²) < 4.78 is 5.12. The molecule has 2 rings (SSSR count). The average molecular weight is 276 g/mol. The topological polar surface area (TPSA) is 26.3 Å². The van der Waals surface area contributed by atoms with Gasteiger partial charge in [0.2, 0.25) is 0 Å². The highest BCUT2D eigenvalue weighted by atomic mass is 16.5. The fourth-order valence-corrected chi connectivity index (χ4v) is 1.87. The van der Waals surface area contributed by atoms with Crippen LogP contribution in [-0.2, 0) is 4.79 Å². The molecular weight excluding hydrogens is 260 g/mol. The van der Waals surface area contributed by atoms with Gasteiger partial charge in [-0.1, -0.05) is 42.2 Å². The molecule has 104 valence electrons. The molecule has 0 heterocycles. The maximum atomic E-state index is 11.1. The van der Waals surface area contributed by atoms with Gasteiger partial charge < -0.3 is 4.74 Å². The fraction of sp³-hybridized carbons (Fsp3) is 0.105. The maximum Gasteiger partial charge on any atom is 0.147 e. The van der Waals surface area contributed by atoms with E-state index in [1.54, 1.807) is 14.0 Å². The van der Waals surface area contributed by atoms with Crippen LogP contribution in [0.25, 0.3) is 5.57 Å². The van der Waals surface area contributed by atoms with Crippen LogP contribution in [0, 0.1) is 11.8 Å². The number of rotatable bonds is 3. The summed E-state index contributed by atoms with van der Waals surface area (Å²) in [4.78, 5) is 11.1. The molecule has 0 aliphatic carbocycles. The number of benzene rings is 2. The van der Waals surface area contributed by atoms with E-state index >= 15 is 0 Å². The summed E-state index contributed by atoms with van der Waals surface area (Å²) in [6.07, 6.45) is 0.838. The van der Waals surface area contributed by atoms with Gasteiger partial charge in [-0.2, -0.15) is 0 Å². The van der Waals surface area contributed by atoms with Crippen molar-refractivity contribution in [1.29, 1.82) is 0 Å². The van der Waals surface area contributed by atoms with Crippen molar-refractivity contribution in [2.75, 3.05) is 7.11 Å². The lowest BCUT2D eigenvalue weighted by molar-refractivity contribution is -0.104. The molecule has 0 aromatic heterocycles. The van der Waals surface area contributed by atoms with E-state index in [9.17, 15) is 4.79 Å². The number of methoxy groups -OCH3 is 1. The lowest BCUT2D eigenvalue weighted by Gasteiger charge is -2.02. The quantitative estimate of drug-likeness (QED) is 0.485. The average Bonchev–Trinajstić information content (AvgIpc) is 2.56. The highest BCUT2D eigenvalue weighted by Crippen LogP contribution is 2.17. The minimum atomic E-state index is 0.627. The van der Waals surface area contributed by atoms with Crippen molar-refractivity contribution in [3.05, 3.63) is 71.3 Å². The largest absolute Gasteiger partial charge is 0.497 e. The number of hydrogen-bond acceptors (Lipinski definition) is 2. The summed E-state index contributed by atoms with van der Waals surface area (Å²) in [6, 6.07) is 17.2. The van der Waals surface area contributed by atoms with Crippen LogP contribution in [0.1, 0.15) is 18.1 Å². The number of carbonyl (C=O) groups excluding carboxylic acids is 1. The van der Waals surface area contributed by atoms with Crippen molar-refractivity contribution in [1.82, 2.24) is 0 Å². The van der Waals surface area contributed by atoms with Gasteiger partial charge in [0.1, 0.15) is 12.0 Å². The van der Waals surface area contributed by atoms with E-state index in [2.05, 4.69) is 11.8 Å². The second kappa shape index (κ2) is 7.12. The van der Waals surface area contributed by atoms with Crippen molar-refractivity contribution < 1.29 is 9.53 Å². The SMILES string of the molecule is COc1ccc(C#C/C(=C(\C)C=O)c2ccccc2)cc1. The second-order valence-electron chi connectivity index (χ2n) is 4.52. The van der Waals surface area contributed by atoms with Gasteiger partial charge in [-0.25, -0.2) is 0 Å². The lowest BCUT2D eigenvalue weighted by Crippen LogP contribution is -1.88. The summed E-state index contributed by atoms with van der Waals surface area (Å²) in [6.45, 7) is 1.78. The third-order valence-corrected chi connectivity index (χ3v) is 3.06. The van der Waals surface area contributed by atoms with E-state index < -0.39 is 0 Å². The number of carbonyl (C=O) groups is 1. The molecule has 0 spiro atoms. The van der Waals surface area contributed by atoms with Gasteiger partial charge in [0.15, 0.2) is 0 Å². The zero-order chi connectivity index (χ0) is 15.1. The summed E-state index contributed by atoms with van der Waals surface area (Å²) in [5.74, 6) is 6.98. The first-order valence-corrected chi connectivity index (χ1v) is 6.62. The number of aldehydes is 1. The fourth-order valence-electron chi connectivity index (χ4n) is 1.87. The molecule has 0 amide bonds. The molecule has 0 fully saturated rings. The van der Waals surface area contributed by atoms with Crippen molar-refractivity contribution in [3.63, 3.8) is 0 Å². The van der Waals surface area contributed by atoms with Gasteiger partial charge in [-0.15, -0.1) is 0 Å². The molecule has 0 aliphatic rings. The molecule has 2 aromatic carbocycles. The standard InChI is InChI=1S/C19H16O2/c1-15(14-20)19(17-6-4-3-5-7-17)13-10-16-8-11-18(21-2)12-9-16/h3-9,11-12,14H,1-2H3/b19-15-. The second-order valence-corrected chi connectivity index (χ2v) is 4.52. The first kappa shape index (κ1) is 14.6. The van der Waals surface area contributed by atoms with Crippen LogP contribution in [0.5, 0.6) is 5.75 Å². The van der Waals surface area contributed by atoms with Crippen LogP contribution in [0.4, 0.5) is 0 Å². The third kappa shape index (κ3) is 3.84. The molecule has 0 saturated heterocycles. The minimum Gasteiger partial charge on any atom is -0.497 e. The molecule has 0 N–H and O–H groups in total. The highest BCUT2D eigenvalue weighted by molar-refractivity contribution is 5.94. The monoisotopic (exact) mass is 276 g/mol. The molecule has 0 radical (unpaired) electrons. The summed E-state index contributed by atoms with van der Waals surface area (Å²) >= 11 is 0. The Morgan fingerprint density at radius 2 is 1.71 bits per heavy atom. The van der Waals surface area contributed by atoms with Gasteiger partial charge in [-0.3, -0.25) is 4.79 Å². The number of ether oxygens (including phenoxy) is 1. The van der Waals surface area contributed by atoms with Crippen LogP contribution in [-0.4, -0.2) is 13.4 Å². The van der Waals surface area contributed by atoms with Gasteiger partial charge in [-0.05, 0) is 36.8 Å². The Hall–Kier alpha value is -2.79. The van der Waals surface area contributed by atoms with Crippen molar-refractivity contribution >= 4 is 11.9 Å². The first-order chi connectivity index (χ1) is 10.2. The normalized spacial score (nSPS) is 11.0. The minimum absolute atomic E-state index is 0.627. The van der Waals surface area contributed by atoms with E-state index in [1.165, 1.54) is 0 Å². The van der Waals surface area contributed by atoms with E-state index in [4.69, 9.17) is 4.74 Å². The predicted molar refractivity (Wildman–Crippen MR) is 85.0 cm³/mol. The Bertz CT molecular complexity index is 699. The van der Waals surface area contributed by atoms with Crippen LogP contribution >= 0.6 is 0 Å². The molecule has 0 saturated carbocycles. The zero-order valence-electron chi connectivity index (χ0n) is 12.1. The van der Waals surface area contributed by atoms with Crippen LogP contribution < -0.4 is 4.74 Å². The number of hydrogen-bond donors (Lipinski definition) is 0. The van der Waals surface area contributed by atoms with Gasteiger partial charge in [0.25, 0.3) is 0 Å². The lowest BCUT2D eigenvalue weighted by atomic mass is 10.0. The Balaban J connectivity index is 2.37. The molecule has 0 bridgehead atoms. The Morgan fingerprint density at radius 3 is 2.29 bits per heavy atom. The predicted octanol–water partition coefficient (Wildman–Crippen LogP) is 3.72. The van der Waals surface area contributed by atoms with E-state index in [1.807, 2.05) is 54.6 Å². The molecule has 0 atom stereocenters. The molecule has 2 aromatic rings. The van der Waals surface area contributed by atoms with Crippen molar-refractivity contribution in [2.24, 2.45) is 0 Å². The summed E-state index contributed by atoms with van der Waals surface area (Å²) in [7, 11) is 1.63. The first-order valence-electron chi connectivity index (χ1n) is 6.62. The van der Waals surface area contributed by atoms with Gasteiger partial charge in [0.05, 0.1) is 7.11 Å². The van der Waals surface area contributed by atoms with Crippen LogP contribution in [0.15, 0.2) is 60.2 Å². The van der Waals surface area contributed by atoms with Gasteiger partial charge >= 0.3 is 0 Å². The van der Waals surface area contributed by atoms with Crippen molar-refractivity contribution in [3.8, 4) is 17.6 Å². The third-order valence-electron chi connectivity index (χ3n) is 3.06. The van der Waals surface area contributed by atoms with Crippen molar-refractivity contribution in [2.45, 2.75) is 6.92 Å². The van der Waals surface area contributed by atoms with Crippen LogP contribution in [0.2, 0.25) is 0 Å². The molecular formula is C19H16O2. The Morgan fingerprint density at radius 1 is 1.05 bits per heavy atom. The molecule has 2 heteroatoms. The molecule has 2 nitrogen and oxygen atoms in total. The smallest absolute Gasteiger partial charge is 0.147 e. The van der Waals surface area contributed by atoms with Crippen LogP contribution in [0.3, 0.4) is 0 Å². The van der Waals surface area contributed by atoms with E-state index in [-0.39, 0.29) is 0 Å². The summed E-state index contributed by atoms with van der Waals surface area (Å²) in [5, 5.41) is 0. The molecule has 21 heavy (non-hydrogen) atoms. The summed E-state index contributed by atoms with van der Waals surface area (Å²) in [5.41, 5.74) is 3.20. The van der Waals surface area contributed by atoms with Gasteiger partial charge in [0, 0.05) is 16.7 Å². The Kier molecular flexibility index (Phi) is 4.95. The van der Waals surface area contributed by atoms with E-state index in [0.717, 1.165) is 28.7 Å².